The number of ketones is 1. The van der Waals surface area contributed by atoms with E-state index in [1.54, 1.807) is 0 Å². The molecule has 1 atom stereocenters. The standard InChI is InChI=1S/C22H25NO3.ClH/c1-14-4-5-18(10-15(14)2)20(24)7-9-23-8-6-17-11-21-22(26-13-25-21)12-19(17)16(23)3;/h4-5,10-12,16H,6-9,13H2,1-3H3;1H. The molecular formula is C22H26ClNO3. The molecule has 5 heteroatoms. The quantitative estimate of drug-likeness (QED) is 0.716. The summed E-state index contributed by atoms with van der Waals surface area (Å²) < 4.78 is 11.0. The van der Waals surface area contributed by atoms with E-state index in [0.29, 0.717) is 13.2 Å². The lowest BCUT2D eigenvalue weighted by molar-refractivity contribution is 0.0949. The predicted octanol–water partition coefficient (Wildman–Crippen LogP) is 4.65. The highest BCUT2D eigenvalue weighted by molar-refractivity contribution is 5.96. The van der Waals surface area contributed by atoms with Gasteiger partial charge in [-0.1, -0.05) is 12.1 Å². The number of benzene rings is 2. The Morgan fingerprint density at radius 2 is 1.85 bits per heavy atom. The van der Waals surface area contributed by atoms with Crippen LogP contribution < -0.4 is 9.47 Å². The normalized spacial score (nSPS) is 18.0. The summed E-state index contributed by atoms with van der Waals surface area (Å²) in [5, 5.41) is 0. The van der Waals surface area contributed by atoms with Gasteiger partial charge in [-0.05, 0) is 67.6 Å². The molecular weight excluding hydrogens is 362 g/mol. The van der Waals surface area contributed by atoms with E-state index in [-0.39, 0.29) is 24.2 Å². The zero-order valence-electron chi connectivity index (χ0n) is 16.1. The summed E-state index contributed by atoms with van der Waals surface area (Å²) in [6, 6.07) is 10.5. The highest BCUT2D eigenvalue weighted by Gasteiger charge is 2.27. The van der Waals surface area contributed by atoms with E-state index in [1.165, 1.54) is 22.3 Å². The molecule has 0 bridgehead atoms. The van der Waals surface area contributed by atoms with Gasteiger partial charge in [-0.2, -0.15) is 0 Å². The molecule has 0 saturated heterocycles. The second kappa shape index (κ2) is 7.91. The van der Waals surface area contributed by atoms with Gasteiger partial charge < -0.3 is 9.47 Å². The Hall–Kier alpha value is -2.04. The Labute approximate surface area is 166 Å². The molecule has 0 fully saturated rings. The minimum absolute atomic E-state index is 0. The molecule has 144 valence electrons. The maximum Gasteiger partial charge on any atom is 0.231 e. The Morgan fingerprint density at radius 1 is 1.11 bits per heavy atom. The number of carbonyl (C=O) groups is 1. The molecule has 2 aliphatic heterocycles. The second-order valence-electron chi connectivity index (χ2n) is 7.34. The summed E-state index contributed by atoms with van der Waals surface area (Å²) in [7, 11) is 0. The van der Waals surface area contributed by atoms with Crippen molar-refractivity contribution in [2.45, 2.75) is 39.7 Å². The fraction of sp³-hybridized carbons (Fsp3) is 0.409. The van der Waals surface area contributed by atoms with Crippen LogP contribution in [0, 0.1) is 13.8 Å². The highest BCUT2D eigenvalue weighted by Crippen LogP contribution is 2.40. The third kappa shape index (κ3) is 3.83. The molecule has 27 heavy (non-hydrogen) atoms. The molecule has 4 nitrogen and oxygen atoms in total. The van der Waals surface area contributed by atoms with Crippen molar-refractivity contribution in [3.05, 3.63) is 58.1 Å². The largest absolute Gasteiger partial charge is 0.454 e. The maximum absolute atomic E-state index is 12.6. The molecule has 2 aromatic carbocycles. The maximum atomic E-state index is 12.6. The molecule has 0 amide bonds. The molecule has 0 radical (unpaired) electrons. The van der Waals surface area contributed by atoms with E-state index in [4.69, 9.17) is 9.47 Å². The van der Waals surface area contributed by atoms with Crippen LogP contribution in [0.3, 0.4) is 0 Å². The summed E-state index contributed by atoms with van der Waals surface area (Å²) >= 11 is 0. The number of halogens is 1. The number of aryl methyl sites for hydroxylation is 2. The van der Waals surface area contributed by atoms with Gasteiger partial charge in [-0.15, -0.1) is 12.4 Å². The number of nitrogens with zero attached hydrogens (tertiary/aromatic N) is 1. The third-order valence-corrected chi connectivity index (χ3v) is 5.76. The Kier molecular flexibility index (Phi) is 5.78. The predicted molar refractivity (Wildman–Crippen MR) is 108 cm³/mol. The third-order valence-electron chi connectivity index (χ3n) is 5.76. The van der Waals surface area contributed by atoms with Crippen molar-refractivity contribution in [2.24, 2.45) is 0 Å². The van der Waals surface area contributed by atoms with Crippen LogP contribution in [0.15, 0.2) is 30.3 Å². The monoisotopic (exact) mass is 387 g/mol. The minimum atomic E-state index is 0. The molecule has 0 aromatic heterocycles. The first kappa shape index (κ1) is 19.7. The van der Waals surface area contributed by atoms with E-state index in [0.717, 1.165) is 36.6 Å². The lowest BCUT2D eigenvalue weighted by atomic mass is 9.92. The molecule has 0 spiro atoms. The number of fused-ring (bicyclic) bond motifs is 2. The molecule has 2 aliphatic rings. The van der Waals surface area contributed by atoms with Crippen molar-refractivity contribution in [3.63, 3.8) is 0 Å². The molecule has 0 N–H and O–H groups in total. The lowest BCUT2D eigenvalue weighted by Gasteiger charge is -2.35. The molecule has 2 aromatic rings. The molecule has 4 rings (SSSR count). The van der Waals surface area contributed by atoms with Crippen LogP contribution in [0.4, 0.5) is 0 Å². The van der Waals surface area contributed by atoms with Gasteiger partial charge in [0, 0.05) is 31.1 Å². The van der Waals surface area contributed by atoms with Gasteiger partial charge in [0.2, 0.25) is 6.79 Å². The van der Waals surface area contributed by atoms with Gasteiger partial charge in [-0.25, -0.2) is 0 Å². The van der Waals surface area contributed by atoms with Crippen molar-refractivity contribution >= 4 is 18.2 Å². The van der Waals surface area contributed by atoms with Crippen LogP contribution in [0.25, 0.3) is 0 Å². The number of rotatable bonds is 4. The zero-order valence-corrected chi connectivity index (χ0v) is 16.9. The van der Waals surface area contributed by atoms with Gasteiger partial charge in [-0.3, -0.25) is 9.69 Å². The summed E-state index contributed by atoms with van der Waals surface area (Å²) in [5.41, 5.74) is 5.84. The lowest BCUT2D eigenvalue weighted by Crippen LogP contribution is -2.35. The first-order chi connectivity index (χ1) is 12.5. The average molecular weight is 388 g/mol. The van der Waals surface area contributed by atoms with Crippen molar-refractivity contribution in [2.75, 3.05) is 19.9 Å². The molecule has 2 heterocycles. The second-order valence-corrected chi connectivity index (χ2v) is 7.34. The Morgan fingerprint density at radius 3 is 2.59 bits per heavy atom. The van der Waals surface area contributed by atoms with Crippen molar-refractivity contribution < 1.29 is 14.3 Å². The van der Waals surface area contributed by atoms with Crippen LogP contribution >= 0.6 is 12.4 Å². The summed E-state index contributed by atoms with van der Waals surface area (Å²) in [6.07, 6.45) is 1.53. The smallest absolute Gasteiger partial charge is 0.231 e. The molecule has 1 unspecified atom stereocenters. The van der Waals surface area contributed by atoms with E-state index in [9.17, 15) is 4.79 Å². The number of carbonyl (C=O) groups excluding carboxylic acids is 1. The van der Waals surface area contributed by atoms with Crippen LogP contribution in [0.2, 0.25) is 0 Å². The number of hydrogen-bond donors (Lipinski definition) is 0. The fourth-order valence-corrected chi connectivity index (χ4v) is 3.87. The average Bonchev–Trinajstić information content (AvgIpc) is 3.09. The SMILES string of the molecule is Cc1ccc(C(=O)CCN2CCc3cc4c(cc3C2C)OCO4)cc1C.Cl. The van der Waals surface area contributed by atoms with Crippen LogP contribution in [0.5, 0.6) is 11.5 Å². The van der Waals surface area contributed by atoms with Crippen molar-refractivity contribution in [3.8, 4) is 11.5 Å². The van der Waals surface area contributed by atoms with Gasteiger partial charge in [0.1, 0.15) is 0 Å². The Bertz CT molecular complexity index is 865. The van der Waals surface area contributed by atoms with E-state index >= 15 is 0 Å². The van der Waals surface area contributed by atoms with Crippen molar-refractivity contribution in [1.29, 1.82) is 0 Å². The number of Topliss-reactive ketones (excluding diaryl/α,β-unsaturated/α-hetero) is 1. The van der Waals surface area contributed by atoms with Gasteiger partial charge in [0.05, 0.1) is 0 Å². The van der Waals surface area contributed by atoms with Gasteiger partial charge in [0.25, 0.3) is 0 Å². The first-order valence-electron chi connectivity index (χ1n) is 9.30. The van der Waals surface area contributed by atoms with Gasteiger partial charge >= 0.3 is 0 Å². The minimum Gasteiger partial charge on any atom is -0.454 e. The van der Waals surface area contributed by atoms with E-state index in [2.05, 4.69) is 37.8 Å². The van der Waals surface area contributed by atoms with E-state index in [1.807, 2.05) is 18.2 Å². The Balaban J connectivity index is 0.00000210. The van der Waals surface area contributed by atoms with Gasteiger partial charge in [0.15, 0.2) is 17.3 Å². The van der Waals surface area contributed by atoms with E-state index < -0.39 is 0 Å². The molecule has 0 aliphatic carbocycles. The topological polar surface area (TPSA) is 38.8 Å². The number of ether oxygens (including phenoxy) is 2. The number of hydrogen-bond acceptors (Lipinski definition) is 4. The first-order valence-corrected chi connectivity index (χ1v) is 9.30. The fourth-order valence-electron chi connectivity index (χ4n) is 3.87. The van der Waals surface area contributed by atoms with Crippen molar-refractivity contribution in [1.82, 2.24) is 4.90 Å². The summed E-state index contributed by atoms with van der Waals surface area (Å²) in [4.78, 5) is 15.0. The van der Waals surface area contributed by atoms with Crippen LogP contribution in [0.1, 0.15) is 52.0 Å². The summed E-state index contributed by atoms with van der Waals surface area (Å²) in [5.74, 6) is 1.91. The van der Waals surface area contributed by atoms with Crippen LogP contribution in [-0.2, 0) is 6.42 Å². The zero-order chi connectivity index (χ0) is 18.3. The summed E-state index contributed by atoms with van der Waals surface area (Å²) in [6.45, 7) is 8.39. The highest BCUT2D eigenvalue weighted by atomic mass is 35.5. The molecule has 0 saturated carbocycles. The van der Waals surface area contributed by atoms with Crippen LogP contribution in [-0.4, -0.2) is 30.6 Å².